The number of nitrogens with one attached hydrogen (secondary N) is 1. The monoisotopic (exact) mass is 503 g/mol. The lowest BCUT2D eigenvalue weighted by atomic mass is 10.1. The summed E-state index contributed by atoms with van der Waals surface area (Å²) in [6.45, 7) is 7.09. The fraction of sp³-hybridized carbons (Fsp3) is 0.214. The summed E-state index contributed by atoms with van der Waals surface area (Å²) in [5, 5.41) is 12.3. The van der Waals surface area contributed by atoms with Crippen molar-refractivity contribution in [1.82, 2.24) is 0 Å². The maximum absolute atomic E-state index is 13.0. The molecule has 0 aliphatic heterocycles. The number of carbonyl (C=O) groups excluding carboxylic acids is 1. The SMILES string of the molecule is CCN(CCOC(=O)Nc1ccccc1)c1ccc(/C=C(/C#N)S(=O)(=O)c2ccc(C)cc2)c(C)c1. The lowest BCUT2D eigenvalue weighted by molar-refractivity contribution is 0.164. The molecule has 0 saturated carbocycles. The fourth-order valence-corrected chi connectivity index (χ4v) is 4.72. The standard InChI is InChI=1S/C28H29N3O4S/c1-4-31(16-17-35-28(32)30-24-8-6-5-7-9-24)25-13-12-23(22(3)18-25)19-27(20-29)36(33,34)26-14-10-21(2)11-15-26/h5-15,18-19H,4,16-17H2,1-3H3,(H,30,32)/b27-19-. The number of carbonyl (C=O) groups is 1. The van der Waals surface area contributed by atoms with Crippen molar-refractivity contribution in [2.45, 2.75) is 25.7 Å². The highest BCUT2D eigenvalue weighted by atomic mass is 32.2. The number of sulfone groups is 1. The average Bonchev–Trinajstić information content (AvgIpc) is 2.86. The lowest BCUT2D eigenvalue weighted by Crippen LogP contribution is -2.29. The third kappa shape index (κ3) is 6.74. The Morgan fingerprint density at radius 2 is 1.75 bits per heavy atom. The van der Waals surface area contributed by atoms with Crippen molar-refractivity contribution in [3.05, 3.63) is 94.4 Å². The molecule has 0 spiro atoms. The number of amides is 1. The van der Waals surface area contributed by atoms with Gasteiger partial charge in [0.2, 0.25) is 9.84 Å². The van der Waals surface area contributed by atoms with Crippen LogP contribution in [0, 0.1) is 25.2 Å². The molecule has 0 radical (unpaired) electrons. The second-order valence-corrected chi connectivity index (χ2v) is 10.1. The van der Waals surface area contributed by atoms with Gasteiger partial charge in [-0.15, -0.1) is 0 Å². The Kier molecular flexibility index (Phi) is 8.87. The van der Waals surface area contributed by atoms with E-state index in [1.54, 1.807) is 30.3 Å². The molecule has 0 aliphatic rings. The quantitative estimate of drug-likeness (QED) is 0.375. The summed E-state index contributed by atoms with van der Waals surface area (Å²) in [6, 6.07) is 22.9. The lowest BCUT2D eigenvalue weighted by Gasteiger charge is -2.23. The van der Waals surface area contributed by atoms with E-state index in [1.807, 2.05) is 62.1 Å². The number of rotatable bonds is 9. The Morgan fingerprint density at radius 1 is 1.06 bits per heavy atom. The molecule has 0 aliphatic carbocycles. The number of benzene rings is 3. The van der Waals surface area contributed by atoms with E-state index < -0.39 is 15.9 Å². The van der Waals surface area contributed by atoms with Crippen LogP contribution in [0.15, 0.2) is 82.6 Å². The molecule has 8 heteroatoms. The summed E-state index contributed by atoms with van der Waals surface area (Å²) in [5.74, 6) is 0. The van der Waals surface area contributed by atoms with Gasteiger partial charge in [-0.1, -0.05) is 42.0 Å². The fourth-order valence-electron chi connectivity index (χ4n) is 3.57. The van der Waals surface area contributed by atoms with Gasteiger partial charge in [0, 0.05) is 17.9 Å². The van der Waals surface area contributed by atoms with Gasteiger partial charge in [-0.3, -0.25) is 5.32 Å². The van der Waals surface area contributed by atoms with Crippen molar-refractivity contribution in [1.29, 1.82) is 5.26 Å². The molecular weight excluding hydrogens is 474 g/mol. The van der Waals surface area contributed by atoms with E-state index in [9.17, 15) is 18.5 Å². The van der Waals surface area contributed by atoms with Crippen LogP contribution in [0.5, 0.6) is 0 Å². The first-order valence-corrected chi connectivity index (χ1v) is 13.0. The summed E-state index contributed by atoms with van der Waals surface area (Å²) in [6.07, 6.45) is 0.884. The van der Waals surface area contributed by atoms with E-state index in [4.69, 9.17) is 4.74 Å². The normalized spacial score (nSPS) is 11.4. The molecule has 0 saturated heterocycles. The predicted molar refractivity (Wildman–Crippen MR) is 142 cm³/mol. The number of ether oxygens (including phenoxy) is 1. The van der Waals surface area contributed by atoms with Crippen LogP contribution in [-0.4, -0.2) is 34.2 Å². The van der Waals surface area contributed by atoms with E-state index in [0.29, 0.717) is 24.3 Å². The third-order valence-corrected chi connectivity index (χ3v) is 7.31. The van der Waals surface area contributed by atoms with Crippen molar-refractivity contribution < 1.29 is 17.9 Å². The number of hydrogen-bond donors (Lipinski definition) is 1. The summed E-state index contributed by atoms with van der Waals surface area (Å²) in [5.41, 5.74) is 3.96. The second kappa shape index (κ2) is 12.0. The first-order valence-electron chi connectivity index (χ1n) is 11.5. The minimum absolute atomic E-state index is 0.0867. The Balaban J connectivity index is 1.69. The van der Waals surface area contributed by atoms with E-state index in [1.165, 1.54) is 18.2 Å². The van der Waals surface area contributed by atoms with Gasteiger partial charge in [0.1, 0.15) is 17.6 Å². The van der Waals surface area contributed by atoms with Crippen LogP contribution in [0.1, 0.15) is 23.6 Å². The van der Waals surface area contributed by atoms with E-state index in [-0.39, 0.29) is 16.4 Å². The molecule has 1 amide bonds. The molecule has 3 aromatic carbocycles. The molecule has 36 heavy (non-hydrogen) atoms. The Labute approximate surface area is 212 Å². The van der Waals surface area contributed by atoms with Gasteiger partial charge >= 0.3 is 6.09 Å². The Hall–Kier alpha value is -4.09. The van der Waals surface area contributed by atoms with Gasteiger partial charge in [-0.2, -0.15) is 5.26 Å². The summed E-state index contributed by atoms with van der Waals surface area (Å²) >= 11 is 0. The first kappa shape index (κ1) is 26.5. The smallest absolute Gasteiger partial charge is 0.411 e. The molecule has 3 aromatic rings. The molecule has 3 rings (SSSR count). The summed E-state index contributed by atoms with van der Waals surface area (Å²) in [7, 11) is -3.92. The van der Waals surface area contributed by atoms with E-state index >= 15 is 0 Å². The highest BCUT2D eigenvalue weighted by molar-refractivity contribution is 7.95. The Bertz CT molecular complexity index is 1380. The molecule has 0 unspecified atom stereocenters. The van der Waals surface area contributed by atoms with Crippen molar-refractivity contribution in [2.75, 3.05) is 29.9 Å². The van der Waals surface area contributed by atoms with E-state index in [2.05, 4.69) is 5.32 Å². The Morgan fingerprint density at radius 3 is 2.36 bits per heavy atom. The van der Waals surface area contributed by atoms with Gasteiger partial charge in [0.25, 0.3) is 0 Å². The van der Waals surface area contributed by atoms with Gasteiger partial charge in [-0.25, -0.2) is 13.2 Å². The van der Waals surface area contributed by atoms with Gasteiger partial charge in [0.05, 0.1) is 11.4 Å². The number of nitrogens with zero attached hydrogens (tertiary/aromatic N) is 2. The minimum Gasteiger partial charge on any atom is -0.447 e. The highest BCUT2D eigenvalue weighted by Gasteiger charge is 2.21. The van der Waals surface area contributed by atoms with Gasteiger partial charge in [-0.05, 0) is 74.4 Å². The number of anilines is 2. The van der Waals surface area contributed by atoms with Crippen LogP contribution in [0.2, 0.25) is 0 Å². The molecule has 0 fully saturated rings. The molecule has 186 valence electrons. The second-order valence-electron chi connectivity index (χ2n) is 8.18. The van der Waals surface area contributed by atoms with Crippen molar-refractivity contribution in [3.63, 3.8) is 0 Å². The van der Waals surface area contributed by atoms with Crippen molar-refractivity contribution in [3.8, 4) is 6.07 Å². The molecule has 0 bridgehead atoms. The summed E-state index contributed by atoms with van der Waals surface area (Å²) < 4.78 is 31.2. The maximum Gasteiger partial charge on any atom is 0.411 e. The average molecular weight is 504 g/mol. The first-order chi connectivity index (χ1) is 17.2. The zero-order valence-electron chi connectivity index (χ0n) is 20.6. The van der Waals surface area contributed by atoms with E-state index in [0.717, 1.165) is 16.8 Å². The van der Waals surface area contributed by atoms with Crippen LogP contribution < -0.4 is 10.2 Å². The number of para-hydroxylation sites is 1. The number of nitriles is 1. The number of hydrogen-bond acceptors (Lipinski definition) is 6. The minimum atomic E-state index is -3.92. The maximum atomic E-state index is 13.0. The predicted octanol–water partition coefficient (Wildman–Crippen LogP) is 5.72. The van der Waals surface area contributed by atoms with Crippen molar-refractivity contribution in [2.24, 2.45) is 0 Å². The van der Waals surface area contributed by atoms with Crippen LogP contribution in [-0.2, 0) is 14.6 Å². The molecule has 0 aromatic heterocycles. The molecule has 1 N–H and O–H groups in total. The van der Waals surface area contributed by atoms with Crippen LogP contribution in [0.25, 0.3) is 6.08 Å². The number of aryl methyl sites for hydroxylation is 2. The van der Waals surface area contributed by atoms with Gasteiger partial charge in [0.15, 0.2) is 0 Å². The highest BCUT2D eigenvalue weighted by Crippen LogP contribution is 2.25. The largest absolute Gasteiger partial charge is 0.447 e. The van der Waals surface area contributed by atoms with Crippen molar-refractivity contribution >= 4 is 33.4 Å². The van der Waals surface area contributed by atoms with Crippen LogP contribution in [0.3, 0.4) is 0 Å². The number of allylic oxidation sites excluding steroid dienone is 1. The molecule has 7 nitrogen and oxygen atoms in total. The number of likely N-dealkylation sites (N-methyl/N-ethyl adjacent to an activating group) is 1. The topological polar surface area (TPSA) is 99.5 Å². The molecule has 0 atom stereocenters. The third-order valence-electron chi connectivity index (χ3n) is 5.63. The zero-order valence-corrected chi connectivity index (χ0v) is 21.4. The molecular formula is C28H29N3O4S. The zero-order chi connectivity index (χ0) is 26.1. The van der Waals surface area contributed by atoms with Gasteiger partial charge < -0.3 is 9.64 Å². The summed E-state index contributed by atoms with van der Waals surface area (Å²) in [4.78, 5) is 13.8. The van der Waals surface area contributed by atoms with Crippen LogP contribution in [0.4, 0.5) is 16.2 Å². The van der Waals surface area contributed by atoms with Crippen LogP contribution >= 0.6 is 0 Å². The molecule has 0 heterocycles.